The maximum absolute atomic E-state index is 13.2. The van der Waals surface area contributed by atoms with Crippen molar-refractivity contribution >= 4 is 17.5 Å². The number of amides is 1. The molecule has 0 N–H and O–H groups in total. The van der Waals surface area contributed by atoms with Crippen molar-refractivity contribution < 1.29 is 13.7 Å². The number of carbonyl (C=O) groups excluding carboxylic acids is 1. The van der Waals surface area contributed by atoms with Crippen molar-refractivity contribution in [2.45, 2.75) is 20.4 Å². The van der Waals surface area contributed by atoms with E-state index < -0.39 is 11.7 Å². The van der Waals surface area contributed by atoms with E-state index in [9.17, 15) is 9.18 Å². The van der Waals surface area contributed by atoms with Gasteiger partial charge in [0.05, 0.1) is 24.0 Å². The van der Waals surface area contributed by atoms with Gasteiger partial charge in [-0.05, 0) is 19.9 Å². The second-order valence-corrected chi connectivity index (χ2v) is 4.81. The average molecular weight is 298 g/mol. The van der Waals surface area contributed by atoms with Gasteiger partial charge in [-0.2, -0.15) is 0 Å². The first kappa shape index (κ1) is 14.5. The summed E-state index contributed by atoms with van der Waals surface area (Å²) in [5.41, 5.74) is 1.56. The molecule has 1 amide bonds. The molecule has 106 valence electrons. The molecule has 0 fully saturated rings. The second kappa shape index (κ2) is 5.58. The van der Waals surface area contributed by atoms with Gasteiger partial charge in [0.2, 0.25) is 0 Å². The first-order valence-corrected chi connectivity index (χ1v) is 6.26. The van der Waals surface area contributed by atoms with Crippen molar-refractivity contribution in [2.75, 3.05) is 7.05 Å². The van der Waals surface area contributed by atoms with E-state index in [1.807, 2.05) is 0 Å². The van der Waals surface area contributed by atoms with Gasteiger partial charge in [0.25, 0.3) is 5.91 Å². The van der Waals surface area contributed by atoms with E-state index in [0.29, 0.717) is 18.0 Å². The largest absolute Gasteiger partial charge is 0.361 e. The predicted molar refractivity (Wildman–Crippen MR) is 71.0 cm³/mol. The van der Waals surface area contributed by atoms with E-state index in [0.717, 1.165) is 17.8 Å². The van der Waals surface area contributed by atoms with Gasteiger partial charge in [-0.25, -0.2) is 9.37 Å². The van der Waals surface area contributed by atoms with Crippen molar-refractivity contribution in [1.29, 1.82) is 0 Å². The lowest BCUT2D eigenvalue weighted by atomic mass is 10.2. The lowest BCUT2D eigenvalue weighted by Crippen LogP contribution is -2.27. The minimum absolute atomic E-state index is 0.0259. The molecule has 0 saturated carbocycles. The topological polar surface area (TPSA) is 59.2 Å². The maximum atomic E-state index is 13.2. The van der Waals surface area contributed by atoms with E-state index in [1.165, 1.54) is 4.90 Å². The summed E-state index contributed by atoms with van der Waals surface area (Å²) in [4.78, 5) is 17.3. The zero-order valence-corrected chi connectivity index (χ0v) is 12.0. The van der Waals surface area contributed by atoms with Crippen LogP contribution in [0.15, 0.2) is 16.8 Å². The molecule has 0 aliphatic rings. The standard InChI is InChI=1S/C13H13ClFN3O2/c1-7-11(8(2)20-17-7)6-18(3)13(19)10-4-9(15)5-16-12(10)14/h4-5H,6H2,1-3H3. The predicted octanol–water partition coefficient (Wildman–Crippen LogP) is 2.75. The fraction of sp³-hybridized carbons (Fsp3) is 0.308. The molecule has 0 radical (unpaired) electrons. The molecule has 0 unspecified atom stereocenters. The van der Waals surface area contributed by atoms with Gasteiger partial charge >= 0.3 is 0 Å². The Kier molecular flexibility index (Phi) is 4.04. The molecule has 5 nitrogen and oxygen atoms in total. The highest BCUT2D eigenvalue weighted by molar-refractivity contribution is 6.32. The SMILES string of the molecule is Cc1noc(C)c1CN(C)C(=O)c1cc(F)cnc1Cl. The molecule has 7 heteroatoms. The summed E-state index contributed by atoms with van der Waals surface area (Å²) in [6, 6.07) is 1.07. The Morgan fingerprint density at radius 2 is 2.20 bits per heavy atom. The van der Waals surface area contributed by atoms with E-state index >= 15 is 0 Å². The Morgan fingerprint density at radius 3 is 2.80 bits per heavy atom. The molecule has 2 rings (SSSR count). The minimum Gasteiger partial charge on any atom is -0.361 e. The van der Waals surface area contributed by atoms with Crippen LogP contribution >= 0.6 is 11.6 Å². The molecule has 2 aromatic heterocycles. The van der Waals surface area contributed by atoms with Crippen LogP contribution in [0.5, 0.6) is 0 Å². The highest BCUT2D eigenvalue weighted by atomic mass is 35.5. The molecule has 0 aliphatic heterocycles. The Hall–Kier alpha value is -1.95. The first-order chi connectivity index (χ1) is 9.40. The van der Waals surface area contributed by atoms with Crippen LogP contribution in [0, 0.1) is 19.7 Å². The van der Waals surface area contributed by atoms with E-state index in [1.54, 1.807) is 20.9 Å². The van der Waals surface area contributed by atoms with Crippen LogP contribution < -0.4 is 0 Å². The lowest BCUT2D eigenvalue weighted by molar-refractivity contribution is 0.0783. The summed E-state index contributed by atoms with van der Waals surface area (Å²) in [6.45, 7) is 3.86. The Morgan fingerprint density at radius 1 is 1.50 bits per heavy atom. The summed E-state index contributed by atoms with van der Waals surface area (Å²) in [5.74, 6) is -0.379. The number of hydrogen-bond acceptors (Lipinski definition) is 4. The van der Waals surface area contributed by atoms with Gasteiger partial charge in [-0.15, -0.1) is 0 Å². The molecule has 0 saturated heterocycles. The zero-order valence-electron chi connectivity index (χ0n) is 11.3. The minimum atomic E-state index is -0.608. The van der Waals surface area contributed by atoms with Crippen molar-refractivity contribution in [3.63, 3.8) is 0 Å². The fourth-order valence-electron chi connectivity index (χ4n) is 1.81. The molecule has 0 aromatic carbocycles. The highest BCUT2D eigenvalue weighted by Crippen LogP contribution is 2.19. The number of aryl methyl sites for hydroxylation is 2. The van der Waals surface area contributed by atoms with Crippen LogP contribution in [0.4, 0.5) is 4.39 Å². The van der Waals surface area contributed by atoms with Gasteiger partial charge in [0.15, 0.2) is 0 Å². The molecule has 2 aromatic rings. The van der Waals surface area contributed by atoms with Crippen molar-refractivity contribution in [3.05, 3.63) is 45.8 Å². The summed E-state index contributed by atoms with van der Waals surface area (Å²) in [7, 11) is 1.59. The monoisotopic (exact) mass is 297 g/mol. The Bertz CT molecular complexity index is 638. The number of pyridine rings is 1. The number of nitrogens with zero attached hydrogens (tertiary/aromatic N) is 3. The van der Waals surface area contributed by atoms with E-state index in [-0.39, 0.29) is 10.7 Å². The number of halogens is 2. The van der Waals surface area contributed by atoms with Gasteiger partial charge < -0.3 is 9.42 Å². The number of carbonyl (C=O) groups is 1. The van der Waals surface area contributed by atoms with E-state index in [4.69, 9.17) is 16.1 Å². The van der Waals surface area contributed by atoms with Crippen LogP contribution in [0.2, 0.25) is 5.15 Å². The van der Waals surface area contributed by atoms with Gasteiger partial charge in [-0.1, -0.05) is 16.8 Å². The van der Waals surface area contributed by atoms with Crippen LogP contribution in [-0.2, 0) is 6.54 Å². The summed E-state index contributed by atoms with van der Waals surface area (Å²) in [6.07, 6.45) is 0.966. The average Bonchev–Trinajstić information content (AvgIpc) is 2.72. The number of rotatable bonds is 3. The van der Waals surface area contributed by atoms with Gasteiger partial charge in [0.1, 0.15) is 16.7 Å². The van der Waals surface area contributed by atoms with Crippen molar-refractivity contribution in [1.82, 2.24) is 15.0 Å². The third-order valence-corrected chi connectivity index (χ3v) is 3.26. The smallest absolute Gasteiger partial charge is 0.257 e. The zero-order chi connectivity index (χ0) is 14.9. The fourth-order valence-corrected chi connectivity index (χ4v) is 2.00. The third-order valence-electron chi connectivity index (χ3n) is 2.96. The van der Waals surface area contributed by atoms with Crippen LogP contribution in [-0.4, -0.2) is 28.0 Å². The summed E-state index contributed by atoms with van der Waals surface area (Å²) < 4.78 is 18.2. The molecular formula is C13H13ClFN3O2. The summed E-state index contributed by atoms with van der Waals surface area (Å²) in [5, 5.41) is 3.80. The highest BCUT2D eigenvalue weighted by Gasteiger charge is 2.20. The Balaban J connectivity index is 2.23. The van der Waals surface area contributed by atoms with Crippen molar-refractivity contribution in [3.8, 4) is 0 Å². The normalized spacial score (nSPS) is 10.7. The molecule has 0 atom stereocenters. The van der Waals surface area contributed by atoms with Crippen molar-refractivity contribution in [2.24, 2.45) is 0 Å². The van der Waals surface area contributed by atoms with Crippen LogP contribution in [0.3, 0.4) is 0 Å². The van der Waals surface area contributed by atoms with Gasteiger partial charge in [-0.3, -0.25) is 4.79 Å². The quantitative estimate of drug-likeness (QED) is 0.817. The molecule has 0 bridgehead atoms. The first-order valence-electron chi connectivity index (χ1n) is 5.88. The molecule has 0 spiro atoms. The molecule has 0 aliphatic carbocycles. The maximum Gasteiger partial charge on any atom is 0.257 e. The lowest BCUT2D eigenvalue weighted by Gasteiger charge is -2.17. The van der Waals surface area contributed by atoms with Crippen LogP contribution in [0.25, 0.3) is 0 Å². The number of aromatic nitrogens is 2. The van der Waals surface area contributed by atoms with E-state index in [2.05, 4.69) is 10.1 Å². The number of hydrogen-bond donors (Lipinski definition) is 0. The molecule has 20 heavy (non-hydrogen) atoms. The summed E-state index contributed by atoms with van der Waals surface area (Å²) >= 11 is 5.82. The van der Waals surface area contributed by atoms with Crippen LogP contribution in [0.1, 0.15) is 27.4 Å². The molecular weight excluding hydrogens is 285 g/mol. The molecule has 2 heterocycles. The Labute approximate surface area is 120 Å². The second-order valence-electron chi connectivity index (χ2n) is 4.46. The third kappa shape index (κ3) is 2.80. The van der Waals surface area contributed by atoms with Gasteiger partial charge in [0, 0.05) is 12.6 Å².